The van der Waals surface area contributed by atoms with Gasteiger partial charge in [-0.15, -0.1) is 0 Å². The highest BCUT2D eigenvalue weighted by Gasteiger charge is 2.36. The van der Waals surface area contributed by atoms with Crippen LogP contribution in [0.2, 0.25) is 0 Å². The first kappa shape index (κ1) is 15.3. The van der Waals surface area contributed by atoms with Crippen molar-refractivity contribution in [2.75, 3.05) is 7.05 Å². The van der Waals surface area contributed by atoms with Gasteiger partial charge in [0.1, 0.15) is 12.7 Å². The Morgan fingerprint density at radius 3 is 2.67 bits per heavy atom. The van der Waals surface area contributed by atoms with Crippen LogP contribution in [0.1, 0.15) is 41.6 Å². The summed E-state index contributed by atoms with van der Waals surface area (Å²) < 4.78 is 1.70. The van der Waals surface area contributed by atoms with Gasteiger partial charge in [0.15, 0.2) is 0 Å². The largest absolute Gasteiger partial charge is 0.339 e. The first-order valence-corrected chi connectivity index (χ1v) is 8.60. The van der Waals surface area contributed by atoms with Gasteiger partial charge in [0, 0.05) is 30.7 Å². The van der Waals surface area contributed by atoms with Crippen molar-refractivity contribution in [3.05, 3.63) is 42.0 Å². The highest BCUT2D eigenvalue weighted by atomic mass is 16.2. The number of aromatic nitrogens is 3. The maximum Gasteiger partial charge on any atom is 0.254 e. The van der Waals surface area contributed by atoms with E-state index in [4.69, 9.17) is 0 Å². The summed E-state index contributed by atoms with van der Waals surface area (Å²) in [6, 6.07) is 7.32. The molecule has 2 atom stereocenters. The monoisotopic (exact) mass is 325 g/mol. The molecule has 2 saturated heterocycles. The molecule has 0 radical (unpaired) electrons. The summed E-state index contributed by atoms with van der Waals surface area (Å²) in [6.45, 7) is 1.98. The van der Waals surface area contributed by atoms with Crippen molar-refractivity contribution >= 4 is 5.91 Å². The average molecular weight is 325 g/mol. The van der Waals surface area contributed by atoms with Gasteiger partial charge in [-0.2, -0.15) is 5.10 Å². The zero-order valence-electron chi connectivity index (χ0n) is 14.1. The minimum absolute atomic E-state index is 0.115. The quantitative estimate of drug-likeness (QED) is 0.937. The molecule has 2 aliphatic rings. The van der Waals surface area contributed by atoms with Gasteiger partial charge in [-0.25, -0.2) is 9.67 Å². The van der Waals surface area contributed by atoms with Crippen molar-refractivity contribution in [2.45, 2.75) is 50.7 Å². The van der Waals surface area contributed by atoms with E-state index in [9.17, 15) is 4.79 Å². The Labute approximate surface area is 141 Å². The first-order chi connectivity index (χ1) is 11.6. The summed E-state index contributed by atoms with van der Waals surface area (Å²) in [5.74, 6) is 0.115. The molecule has 1 aromatic heterocycles. The van der Waals surface area contributed by atoms with Crippen LogP contribution in [0.5, 0.6) is 0 Å². The predicted octanol–water partition coefficient (Wildman–Crippen LogP) is 1.93. The Hall–Kier alpha value is -2.21. The van der Waals surface area contributed by atoms with E-state index in [1.54, 1.807) is 11.0 Å². The molecule has 1 amide bonds. The van der Waals surface area contributed by atoms with E-state index in [1.165, 1.54) is 19.2 Å². The molecule has 3 heterocycles. The van der Waals surface area contributed by atoms with E-state index in [-0.39, 0.29) is 5.91 Å². The smallest absolute Gasteiger partial charge is 0.254 e. The Kier molecular flexibility index (Phi) is 3.84. The van der Waals surface area contributed by atoms with Crippen LogP contribution in [0, 0.1) is 6.92 Å². The number of benzene rings is 1. The second kappa shape index (κ2) is 6.02. The van der Waals surface area contributed by atoms with Crippen molar-refractivity contribution in [1.29, 1.82) is 0 Å². The van der Waals surface area contributed by atoms with E-state index in [0.29, 0.717) is 18.1 Å². The number of piperidine rings is 1. The molecule has 4 rings (SSSR count). The minimum atomic E-state index is 0.115. The molecule has 6 heteroatoms. The predicted molar refractivity (Wildman–Crippen MR) is 91.2 cm³/mol. The molecule has 6 nitrogen and oxygen atoms in total. The Bertz CT molecular complexity index is 730. The van der Waals surface area contributed by atoms with Crippen LogP contribution in [0.15, 0.2) is 30.9 Å². The van der Waals surface area contributed by atoms with Crippen LogP contribution in [0.25, 0.3) is 5.69 Å². The van der Waals surface area contributed by atoms with Crippen LogP contribution >= 0.6 is 0 Å². The molecule has 0 spiro atoms. The number of carbonyl (C=O) groups excluding carboxylic acids is 1. The van der Waals surface area contributed by atoms with Crippen molar-refractivity contribution in [2.24, 2.45) is 0 Å². The van der Waals surface area contributed by atoms with Gasteiger partial charge in [0.2, 0.25) is 0 Å². The van der Waals surface area contributed by atoms with Gasteiger partial charge < -0.3 is 10.2 Å². The van der Waals surface area contributed by atoms with Crippen LogP contribution in [0.3, 0.4) is 0 Å². The average Bonchev–Trinajstić information content (AvgIpc) is 3.23. The lowest BCUT2D eigenvalue weighted by Crippen LogP contribution is -2.48. The molecule has 2 bridgehead atoms. The van der Waals surface area contributed by atoms with Gasteiger partial charge in [-0.05, 0) is 56.4 Å². The van der Waals surface area contributed by atoms with Crippen LogP contribution < -0.4 is 5.32 Å². The highest BCUT2D eigenvalue weighted by Crippen LogP contribution is 2.30. The lowest BCUT2D eigenvalue weighted by Gasteiger charge is -2.35. The first-order valence-electron chi connectivity index (χ1n) is 8.60. The Morgan fingerprint density at radius 2 is 2.04 bits per heavy atom. The second-order valence-corrected chi connectivity index (χ2v) is 7.02. The zero-order chi connectivity index (χ0) is 16.7. The molecule has 2 aliphatic heterocycles. The fourth-order valence-electron chi connectivity index (χ4n) is 4.07. The lowest BCUT2D eigenvalue weighted by molar-refractivity contribution is 0.0681. The van der Waals surface area contributed by atoms with E-state index in [0.717, 1.165) is 29.7 Å². The van der Waals surface area contributed by atoms with Gasteiger partial charge in [-0.1, -0.05) is 0 Å². The molecule has 24 heavy (non-hydrogen) atoms. The maximum absolute atomic E-state index is 13.0. The van der Waals surface area contributed by atoms with Crippen LogP contribution in [0.4, 0.5) is 0 Å². The van der Waals surface area contributed by atoms with E-state index >= 15 is 0 Å². The molecule has 1 aromatic carbocycles. The topological polar surface area (TPSA) is 63.1 Å². The number of aryl methyl sites for hydroxylation is 1. The number of nitrogens with one attached hydrogen (secondary N) is 1. The lowest BCUT2D eigenvalue weighted by atomic mass is 9.97. The van der Waals surface area contributed by atoms with Gasteiger partial charge >= 0.3 is 0 Å². The third-order valence-electron chi connectivity index (χ3n) is 5.44. The summed E-state index contributed by atoms with van der Waals surface area (Å²) in [7, 11) is 1.95. The van der Waals surface area contributed by atoms with Crippen molar-refractivity contribution < 1.29 is 4.79 Å². The molecule has 2 fully saturated rings. The fraction of sp³-hybridized carbons (Fsp3) is 0.500. The van der Waals surface area contributed by atoms with Crippen molar-refractivity contribution in [1.82, 2.24) is 25.0 Å². The molecular weight excluding hydrogens is 302 g/mol. The summed E-state index contributed by atoms with van der Waals surface area (Å²) in [6.07, 6.45) is 7.79. The number of rotatable bonds is 3. The third kappa shape index (κ3) is 2.71. The van der Waals surface area contributed by atoms with Gasteiger partial charge in [-0.3, -0.25) is 4.79 Å². The number of amides is 1. The van der Waals surface area contributed by atoms with Gasteiger partial charge in [0.25, 0.3) is 5.91 Å². The fourth-order valence-corrected chi connectivity index (χ4v) is 4.07. The normalized spacial score (nSPS) is 25.7. The third-order valence-corrected chi connectivity index (χ3v) is 5.44. The van der Waals surface area contributed by atoms with E-state index in [1.807, 2.05) is 37.1 Å². The number of nitrogens with zero attached hydrogens (tertiary/aromatic N) is 4. The van der Waals surface area contributed by atoms with Crippen molar-refractivity contribution in [3.63, 3.8) is 0 Å². The molecule has 1 N–H and O–H groups in total. The van der Waals surface area contributed by atoms with Gasteiger partial charge in [0.05, 0.1) is 5.69 Å². The molecule has 0 saturated carbocycles. The summed E-state index contributed by atoms with van der Waals surface area (Å²) in [4.78, 5) is 18.9. The molecule has 126 valence electrons. The van der Waals surface area contributed by atoms with Crippen molar-refractivity contribution in [3.8, 4) is 5.69 Å². The Balaban J connectivity index is 1.53. The summed E-state index contributed by atoms with van der Waals surface area (Å²) in [5, 5.41) is 7.77. The Morgan fingerprint density at radius 1 is 1.29 bits per heavy atom. The standard InChI is InChI=1S/C18H23N5O/c1-12-7-15(23-11-19-10-20-23)5-6-17(12)18(24)22(2)16-8-13-3-4-14(9-16)21-13/h5-7,10-11,13-14,16,21H,3-4,8-9H2,1-2H3. The molecule has 2 unspecified atom stereocenters. The summed E-state index contributed by atoms with van der Waals surface area (Å²) >= 11 is 0. The SMILES string of the molecule is Cc1cc(-n2cncn2)ccc1C(=O)N(C)C1CC2CCC(C1)N2. The van der Waals surface area contributed by atoms with Crippen LogP contribution in [-0.4, -0.2) is 50.7 Å². The van der Waals surface area contributed by atoms with Crippen LogP contribution in [-0.2, 0) is 0 Å². The van der Waals surface area contributed by atoms with E-state index < -0.39 is 0 Å². The number of hydrogen-bond donors (Lipinski definition) is 1. The molecule has 2 aromatic rings. The minimum Gasteiger partial charge on any atom is -0.339 e. The summed E-state index contributed by atoms with van der Waals surface area (Å²) in [5.41, 5.74) is 2.66. The zero-order valence-corrected chi connectivity index (χ0v) is 14.1. The molecular formula is C18H23N5O. The second-order valence-electron chi connectivity index (χ2n) is 7.02. The number of carbonyl (C=O) groups is 1. The number of hydrogen-bond acceptors (Lipinski definition) is 4. The maximum atomic E-state index is 13.0. The highest BCUT2D eigenvalue weighted by molar-refractivity contribution is 5.96. The number of fused-ring (bicyclic) bond motifs is 2. The molecule has 0 aliphatic carbocycles. The van der Waals surface area contributed by atoms with E-state index in [2.05, 4.69) is 15.4 Å².